The zero-order valence-corrected chi connectivity index (χ0v) is 13.5. The summed E-state index contributed by atoms with van der Waals surface area (Å²) in [5, 5.41) is 20.5. The normalized spacial score (nSPS) is 10.6. The number of nitro groups is 1. The van der Waals surface area contributed by atoms with Gasteiger partial charge in [-0.25, -0.2) is 4.98 Å². The highest BCUT2D eigenvalue weighted by Crippen LogP contribution is 2.33. The smallest absolute Gasteiger partial charge is 0.270 e. The van der Waals surface area contributed by atoms with E-state index in [1.165, 1.54) is 12.1 Å². The first kappa shape index (κ1) is 15.5. The van der Waals surface area contributed by atoms with Gasteiger partial charge in [0.05, 0.1) is 27.6 Å². The lowest BCUT2D eigenvalue weighted by molar-refractivity contribution is -0.384. The Morgan fingerprint density at radius 2 is 1.85 bits per heavy atom. The molecule has 0 aliphatic heterocycles. The van der Waals surface area contributed by atoms with Crippen LogP contribution < -0.4 is 0 Å². The van der Waals surface area contributed by atoms with Gasteiger partial charge in [0.1, 0.15) is 6.33 Å². The van der Waals surface area contributed by atoms with E-state index in [0.717, 1.165) is 16.8 Å². The average molecular weight is 340 g/mol. The quantitative estimate of drug-likeness (QED) is 0.407. The van der Waals surface area contributed by atoms with Crippen molar-refractivity contribution in [2.75, 3.05) is 0 Å². The van der Waals surface area contributed by atoms with Gasteiger partial charge >= 0.3 is 0 Å². The molecule has 0 atom stereocenters. The monoisotopic (exact) mass is 340 g/mol. The summed E-state index contributed by atoms with van der Waals surface area (Å²) in [5.41, 5.74) is 4.24. The lowest BCUT2D eigenvalue weighted by atomic mass is 10.0. The highest BCUT2D eigenvalue weighted by Gasteiger charge is 2.15. The SMILES string of the molecule is N#Cc1cc(-c2cccc([N+](=O)[O-])c2)c2c(c1)ncn2-c1ccccc1. The van der Waals surface area contributed by atoms with Crippen LogP contribution in [0.4, 0.5) is 5.69 Å². The third kappa shape index (κ3) is 2.58. The van der Waals surface area contributed by atoms with Crippen molar-refractivity contribution in [3.8, 4) is 22.9 Å². The number of hydrogen-bond donors (Lipinski definition) is 0. The molecule has 0 spiro atoms. The summed E-state index contributed by atoms with van der Waals surface area (Å²) in [6.07, 6.45) is 1.70. The molecule has 1 aromatic heterocycles. The molecule has 6 nitrogen and oxygen atoms in total. The second-order valence-corrected chi connectivity index (χ2v) is 5.76. The molecule has 0 N–H and O–H groups in total. The third-order valence-corrected chi connectivity index (χ3v) is 4.17. The summed E-state index contributed by atoms with van der Waals surface area (Å²) >= 11 is 0. The standard InChI is InChI=1S/C20H12N4O2/c21-12-14-9-18(15-5-4-8-17(11-15)24(25)26)20-19(10-14)22-13-23(20)16-6-2-1-3-7-16/h1-11,13H. The van der Waals surface area contributed by atoms with Crippen LogP contribution in [0.2, 0.25) is 0 Å². The average Bonchev–Trinajstić information content (AvgIpc) is 3.12. The molecule has 1 heterocycles. The first-order chi connectivity index (χ1) is 12.7. The lowest BCUT2D eigenvalue weighted by Crippen LogP contribution is -1.95. The van der Waals surface area contributed by atoms with Crippen molar-refractivity contribution < 1.29 is 4.92 Å². The Bertz CT molecular complexity index is 1170. The van der Waals surface area contributed by atoms with Crippen molar-refractivity contribution in [1.82, 2.24) is 9.55 Å². The number of fused-ring (bicyclic) bond motifs is 1. The summed E-state index contributed by atoms with van der Waals surface area (Å²) < 4.78 is 1.92. The van der Waals surface area contributed by atoms with Gasteiger partial charge in [-0.05, 0) is 29.8 Å². The number of para-hydroxylation sites is 1. The lowest BCUT2D eigenvalue weighted by Gasteiger charge is -2.10. The maximum absolute atomic E-state index is 11.1. The molecule has 0 unspecified atom stereocenters. The van der Waals surface area contributed by atoms with Crippen LogP contribution in [0.15, 0.2) is 73.1 Å². The summed E-state index contributed by atoms with van der Waals surface area (Å²) in [5.74, 6) is 0. The highest BCUT2D eigenvalue weighted by molar-refractivity contribution is 5.95. The molecule has 26 heavy (non-hydrogen) atoms. The molecule has 6 heteroatoms. The topological polar surface area (TPSA) is 84.8 Å². The van der Waals surface area contributed by atoms with Crippen LogP contribution in [0.3, 0.4) is 0 Å². The number of hydrogen-bond acceptors (Lipinski definition) is 4. The molecule has 4 rings (SSSR count). The van der Waals surface area contributed by atoms with E-state index < -0.39 is 4.92 Å². The Labute approximate surface area is 148 Å². The van der Waals surface area contributed by atoms with Crippen molar-refractivity contribution in [3.63, 3.8) is 0 Å². The second kappa shape index (κ2) is 6.15. The summed E-state index contributed by atoms with van der Waals surface area (Å²) in [6.45, 7) is 0. The van der Waals surface area contributed by atoms with Crippen molar-refractivity contribution in [2.45, 2.75) is 0 Å². The largest absolute Gasteiger partial charge is 0.298 e. The number of benzene rings is 3. The molecule has 0 aliphatic rings. The van der Waals surface area contributed by atoms with Crippen LogP contribution in [0, 0.1) is 21.4 Å². The number of imidazole rings is 1. The molecule has 124 valence electrons. The van der Waals surface area contributed by atoms with Gasteiger partial charge in [0.2, 0.25) is 0 Å². The van der Waals surface area contributed by atoms with Gasteiger partial charge < -0.3 is 0 Å². The van der Waals surface area contributed by atoms with Crippen LogP contribution >= 0.6 is 0 Å². The number of rotatable bonds is 3. The van der Waals surface area contributed by atoms with Crippen molar-refractivity contribution in [2.24, 2.45) is 0 Å². The Morgan fingerprint density at radius 1 is 1.04 bits per heavy atom. The van der Waals surface area contributed by atoms with Crippen LogP contribution in [-0.2, 0) is 0 Å². The van der Waals surface area contributed by atoms with E-state index >= 15 is 0 Å². The number of nitrogens with zero attached hydrogens (tertiary/aromatic N) is 4. The molecule has 0 saturated heterocycles. The molecule has 0 aliphatic carbocycles. The molecule has 0 amide bonds. The fourth-order valence-electron chi connectivity index (χ4n) is 3.00. The first-order valence-electron chi connectivity index (χ1n) is 7.89. The number of nitro benzene ring substituents is 1. The minimum Gasteiger partial charge on any atom is -0.298 e. The van der Waals surface area contributed by atoms with Gasteiger partial charge in [-0.3, -0.25) is 14.7 Å². The maximum atomic E-state index is 11.1. The number of non-ortho nitro benzene ring substituents is 1. The van der Waals surface area contributed by atoms with Gasteiger partial charge in [0, 0.05) is 23.4 Å². The predicted octanol–water partition coefficient (Wildman–Crippen LogP) is 4.47. The zero-order valence-electron chi connectivity index (χ0n) is 13.5. The van der Waals surface area contributed by atoms with Gasteiger partial charge in [-0.1, -0.05) is 30.3 Å². The molecule has 0 saturated carbocycles. The Balaban J connectivity index is 2.04. The fourth-order valence-corrected chi connectivity index (χ4v) is 3.00. The van der Waals surface area contributed by atoms with Gasteiger partial charge in [-0.2, -0.15) is 5.26 Å². The van der Waals surface area contributed by atoms with E-state index in [4.69, 9.17) is 0 Å². The Morgan fingerprint density at radius 3 is 2.58 bits per heavy atom. The highest BCUT2D eigenvalue weighted by atomic mass is 16.6. The third-order valence-electron chi connectivity index (χ3n) is 4.17. The van der Waals surface area contributed by atoms with Gasteiger partial charge in [0.25, 0.3) is 5.69 Å². The van der Waals surface area contributed by atoms with Crippen LogP contribution in [-0.4, -0.2) is 14.5 Å². The van der Waals surface area contributed by atoms with Crippen LogP contribution in [0.1, 0.15) is 5.56 Å². The van der Waals surface area contributed by atoms with Crippen molar-refractivity contribution >= 4 is 16.7 Å². The van der Waals surface area contributed by atoms with Gasteiger partial charge in [0.15, 0.2) is 0 Å². The van der Waals surface area contributed by atoms with E-state index in [0.29, 0.717) is 16.6 Å². The molecule has 0 fully saturated rings. The fraction of sp³-hybridized carbons (Fsp3) is 0. The molecule has 0 radical (unpaired) electrons. The zero-order chi connectivity index (χ0) is 18.1. The van der Waals surface area contributed by atoms with E-state index in [1.54, 1.807) is 30.6 Å². The number of aromatic nitrogens is 2. The Kier molecular flexibility index (Phi) is 3.67. The number of nitriles is 1. The second-order valence-electron chi connectivity index (χ2n) is 5.76. The van der Waals surface area contributed by atoms with E-state index in [1.807, 2.05) is 34.9 Å². The summed E-state index contributed by atoms with van der Waals surface area (Å²) in [7, 11) is 0. The summed E-state index contributed by atoms with van der Waals surface area (Å²) in [4.78, 5) is 15.1. The van der Waals surface area contributed by atoms with Crippen molar-refractivity contribution in [3.05, 3.63) is 88.7 Å². The molecular formula is C20H12N4O2. The molecule has 3 aromatic carbocycles. The van der Waals surface area contributed by atoms with Gasteiger partial charge in [-0.15, -0.1) is 0 Å². The minimum atomic E-state index is -0.427. The minimum absolute atomic E-state index is 0.00351. The maximum Gasteiger partial charge on any atom is 0.270 e. The molecule has 4 aromatic rings. The molecular weight excluding hydrogens is 328 g/mol. The van der Waals surface area contributed by atoms with Crippen LogP contribution in [0.25, 0.3) is 27.8 Å². The van der Waals surface area contributed by atoms with E-state index in [-0.39, 0.29) is 5.69 Å². The first-order valence-corrected chi connectivity index (χ1v) is 7.89. The predicted molar refractivity (Wildman–Crippen MR) is 97.9 cm³/mol. The van der Waals surface area contributed by atoms with Crippen LogP contribution in [0.5, 0.6) is 0 Å². The summed E-state index contributed by atoms with van der Waals surface area (Å²) in [6, 6.07) is 21.7. The molecule has 0 bridgehead atoms. The van der Waals surface area contributed by atoms with E-state index in [9.17, 15) is 15.4 Å². The van der Waals surface area contributed by atoms with Crippen molar-refractivity contribution in [1.29, 1.82) is 5.26 Å². The Hall–Kier alpha value is -3.98. The van der Waals surface area contributed by atoms with E-state index in [2.05, 4.69) is 11.1 Å².